The van der Waals surface area contributed by atoms with Gasteiger partial charge in [-0.25, -0.2) is 19.2 Å². The van der Waals surface area contributed by atoms with Crippen LogP contribution >= 0.6 is 0 Å². The number of nitrogens with one attached hydrogen (secondary N) is 1. The molecule has 0 spiro atoms. The SMILES string of the molecule is COCCn1c(Cc2c[nH]nc2-c2cccc(OCc3ccc(C#N)cc3F)n2)nc2ccc(C(=O)O)cc21. The van der Waals surface area contributed by atoms with Crippen LogP contribution in [0.1, 0.15) is 32.9 Å². The number of fused-ring (bicyclic) bond motifs is 1. The Morgan fingerprint density at radius 1 is 1.15 bits per heavy atom. The molecule has 5 rings (SSSR count). The quantitative estimate of drug-likeness (QED) is 0.274. The molecule has 0 aliphatic carbocycles. The first-order valence-corrected chi connectivity index (χ1v) is 12.0. The zero-order valence-corrected chi connectivity index (χ0v) is 20.9. The van der Waals surface area contributed by atoms with Crippen molar-refractivity contribution in [3.63, 3.8) is 0 Å². The number of aromatic carboxylic acids is 1. The molecule has 196 valence electrons. The third-order valence-electron chi connectivity index (χ3n) is 6.19. The van der Waals surface area contributed by atoms with Crippen LogP contribution in [0.5, 0.6) is 5.88 Å². The highest BCUT2D eigenvalue weighted by atomic mass is 19.1. The third-order valence-corrected chi connectivity index (χ3v) is 6.19. The molecule has 0 atom stereocenters. The Labute approximate surface area is 222 Å². The molecule has 3 heterocycles. The van der Waals surface area contributed by atoms with Crippen molar-refractivity contribution in [3.8, 4) is 23.3 Å². The number of hydrogen-bond donors (Lipinski definition) is 2. The number of aromatic amines is 1. The molecule has 2 N–H and O–H groups in total. The summed E-state index contributed by atoms with van der Waals surface area (Å²) >= 11 is 0. The van der Waals surface area contributed by atoms with Crippen LogP contribution in [0, 0.1) is 17.1 Å². The van der Waals surface area contributed by atoms with Gasteiger partial charge in [-0.15, -0.1) is 0 Å². The third kappa shape index (κ3) is 5.46. The van der Waals surface area contributed by atoms with Gasteiger partial charge in [-0.1, -0.05) is 12.1 Å². The van der Waals surface area contributed by atoms with Crippen LogP contribution < -0.4 is 4.74 Å². The van der Waals surface area contributed by atoms with Crippen molar-refractivity contribution in [1.82, 2.24) is 24.7 Å². The van der Waals surface area contributed by atoms with Crippen LogP contribution in [0.4, 0.5) is 4.39 Å². The average Bonchev–Trinajstić information content (AvgIpc) is 3.55. The number of nitrogens with zero attached hydrogens (tertiary/aromatic N) is 5. The summed E-state index contributed by atoms with van der Waals surface area (Å²) in [7, 11) is 1.60. The first-order valence-electron chi connectivity index (χ1n) is 12.0. The first kappa shape index (κ1) is 25.6. The van der Waals surface area contributed by atoms with Crippen molar-refractivity contribution in [2.75, 3.05) is 13.7 Å². The van der Waals surface area contributed by atoms with E-state index in [9.17, 15) is 14.3 Å². The van der Waals surface area contributed by atoms with E-state index in [0.717, 1.165) is 11.4 Å². The number of benzene rings is 2. The molecule has 0 aliphatic rings. The number of methoxy groups -OCH3 is 1. The minimum atomic E-state index is -1.01. The second-order valence-corrected chi connectivity index (χ2v) is 8.68. The van der Waals surface area contributed by atoms with Gasteiger partial charge < -0.3 is 19.1 Å². The lowest BCUT2D eigenvalue weighted by Crippen LogP contribution is -2.09. The highest BCUT2D eigenvalue weighted by Crippen LogP contribution is 2.26. The Hall–Kier alpha value is -5.08. The number of rotatable bonds is 10. The highest BCUT2D eigenvalue weighted by Gasteiger charge is 2.18. The fourth-order valence-electron chi connectivity index (χ4n) is 4.23. The van der Waals surface area contributed by atoms with Gasteiger partial charge in [-0.2, -0.15) is 10.4 Å². The second-order valence-electron chi connectivity index (χ2n) is 8.68. The van der Waals surface area contributed by atoms with E-state index >= 15 is 0 Å². The minimum absolute atomic E-state index is 0.0523. The predicted octanol–water partition coefficient (Wildman–Crippen LogP) is 4.35. The van der Waals surface area contributed by atoms with Gasteiger partial charge in [0.25, 0.3) is 0 Å². The van der Waals surface area contributed by atoms with E-state index in [1.165, 1.54) is 24.3 Å². The minimum Gasteiger partial charge on any atom is -0.478 e. The molecule has 0 radical (unpaired) electrons. The molecular weight excluding hydrogens is 503 g/mol. The lowest BCUT2D eigenvalue weighted by molar-refractivity contribution is 0.0697. The summed E-state index contributed by atoms with van der Waals surface area (Å²) in [5, 5.41) is 25.6. The molecule has 0 amide bonds. The molecule has 39 heavy (non-hydrogen) atoms. The average molecular weight is 527 g/mol. The number of hydrogen-bond acceptors (Lipinski definition) is 7. The van der Waals surface area contributed by atoms with Gasteiger partial charge >= 0.3 is 5.97 Å². The predicted molar refractivity (Wildman–Crippen MR) is 139 cm³/mol. The molecule has 0 unspecified atom stereocenters. The highest BCUT2D eigenvalue weighted by molar-refractivity contribution is 5.92. The van der Waals surface area contributed by atoms with Crippen molar-refractivity contribution >= 4 is 17.0 Å². The van der Waals surface area contributed by atoms with Crippen molar-refractivity contribution < 1.29 is 23.8 Å². The van der Waals surface area contributed by atoms with Crippen LogP contribution in [-0.4, -0.2) is 49.5 Å². The summed E-state index contributed by atoms with van der Waals surface area (Å²) < 4.78 is 27.2. The zero-order chi connectivity index (χ0) is 27.4. The fourth-order valence-corrected chi connectivity index (χ4v) is 4.23. The van der Waals surface area contributed by atoms with Crippen LogP contribution in [0.3, 0.4) is 0 Å². The van der Waals surface area contributed by atoms with Crippen LogP contribution in [0.2, 0.25) is 0 Å². The Morgan fingerprint density at radius 3 is 2.79 bits per heavy atom. The standard InChI is InChI=1S/C28H23FN6O4/c1-38-10-9-35-24-12-18(28(36)37)7-8-22(24)32-25(35)13-20-15-31-34-27(20)23-3-2-4-26(33-23)39-16-19-6-5-17(14-30)11-21(19)29/h2-8,11-12,15H,9-10,13,16H2,1H3,(H,31,34)(H,36,37). The molecule has 0 saturated carbocycles. The summed E-state index contributed by atoms with van der Waals surface area (Å²) in [5.74, 6) is -0.522. The molecule has 0 aliphatic heterocycles. The zero-order valence-electron chi connectivity index (χ0n) is 20.9. The largest absolute Gasteiger partial charge is 0.478 e. The van der Waals surface area contributed by atoms with E-state index in [-0.39, 0.29) is 17.7 Å². The molecule has 5 aromatic rings. The molecule has 2 aromatic carbocycles. The smallest absolute Gasteiger partial charge is 0.335 e. The monoisotopic (exact) mass is 526 g/mol. The van der Waals surface area contributed by atoms with Crippen LogP contribution in [-0.2, 0) is 24.3 Å². The Balaban J connectivity index is 1.41. The Kier molecular flexibility index (Phi) is 7.29. The van der Waals surface area contributed by atoms with Gasteiger partial charge in [0.15, 0.2) is 0 Å². The molecular formula is C28H23FN6O4. The number of carboxylic acids is 1. The van der Waals surface area contributed by atoms with E-state index in [2.05, 4.69) is 15.2 Å². The first-order chi connectivity index (χ1) is 19.0. The van der Waals surface area contributed by atoms with E-state index in [1.807, 2.05) is 10.6 Å². The summed E-state index contributed by atoms with van der Waals surface area (Å²) in [6.45, 7) is 0.865. The number of imidazole rings is 1. The van der Waals surface area contributed by atoms with Gasteiger partial charge in [0, 0.05) is 43.5 Å². The number of carboxylic acid groups (broad SMARTS) is 1. The van der Waals surface area contributed by atoms with Crippen molar-refractivity contribution in [3.05, 3.63) is 94.7 Å². The molecule has 3 aromatic heterocycles. The molecule has 11 heteroatoms. The van der Waals surface area contributed by atoms with Crippen molar-refractivity contribution in [2.45, 2.75) is 19.6 Å². The maximum absolute atomic E-state index is 14.2. The van der Waals surface area contributed by atoms with Gasteiger partial charge in [0.05, 0.1) is 40.5 Å². The van der Waals surface area contributed by atoms with E-state index in [1.54, 1.807) is 43.6 Å². The lowest BCUT2D eigenvalue weighted by atomic mass is 10.1. The summed E-state index contributed by atoms with van der Waals surface area (Å²) in [5.41, 5.74) is 4.08. The number of H-pyrrole nitrogens is 1. The normalized spacial score (nSPS) is 11.0. The molecule has 10 nitrogen and oxygen atoms in total. The number of halogens is 1. The lowest BCUT2D eigenvalue weighted by Gasteiger charge is -2.10. The maximum Gasteiger partial charge on any atom is 0.335 e. The number of carbonyl (C=O) groups is 1. The van der Waals surface area contributed by atoms with Crippen molar-refractivity contribution in [2.24, 2.45) is 0 Å². The van der Waals surface area contributed by atoms with Crippen LogP contribution in [0.25, 0.3) is 22.4 Å². The molecule has 0 bridgehead atoms. The maximum atomic E-state index is 14.2. The van der Waals surface area contributed by atoms with Crippen LogP contribution in [0.15, 0.2) is 60.8 Å². The summed E-state index contributed by atoms with van der Waals surface area (Å²) in [4.78, 5) is 20.8. The molecule has 0 fully saturated rings. The van der Waals surface area contributed by atoms with Gasteiger partial charge in [-0.05, 0) is 36.4 Å². The van der Waals surface area contributed by atoms with Gasteiger partial charge in [-0.3, -0.25) is 5.10 Å². The van der Waals surface area contributed by atoms with E-state index in [0.29, 0.717) is 53.4 Å². The number of ether oxygens (including phenoxy) is 2. The summed E-state index contributed by atoms with van der Waals surface area (Å²) in [6, 6.07) is 16.2. The van der Waals surface area contributed by atoms with Crippen molar-refractivity contribution in [1.29, 1.82) is 5.26 Å². The number of nitriles is 1. The Morgan fingerprint density at radius 2 is 2.03 bits per heavy atom. The molecule has 0 saturated heterocycles. The van der Waals surface area contributed by atoms with Gasteiger partial charge in [0.2, 0.25) is 5.88 Å². The topological polar surface area (TPSA) is 139 Å². The van der Waals surface area contributed by atoms with Gasteiger partial charge in [0.1, 0.15) is 23.9 Å². The Bertz CT molecular complexity index is 1700. The second kappa shape index (κ2) is 11.1. The number of aromatic nitrogens is 5. The van der Waals surface area contributed by atoms with E-state index < -0.39 is 11.8 Å². The van der Waals surface area contributed by atoms with E-state index in [4.69, 9.17) is 19.7 Å². The number of pyridine rings is 1. The summed E-state index contributed by atoms with van der Waals surface area (Å²) in [6.07, 6.45) is 2.16. The fraction of sp³-hybridized carbons (Fsp3) is 0.179.